The van der Waals surface area contributed by atoms with E-state index in [-0.39, 0.29) is 12.0 Å². The van der Waals surface area contributed by atoms with Gasteiger partial charge in [0.25, 0.3) is 5.56 Å². The van der Waals surface area contributed by atoms with Gasteiger partial charge in [0.2, 0.25) is 5.24 Å². The van der Waals surface area contributed by atoms with E-state index in [0.717, 1.165) is 18.5 Å². The molecule has 0 saturated heterocycles. The fraction of sp³-hybridized carbons (Fsp3) is 0.545. The van der Waals surface area contributed by atoms with Gasteiger partial charge in [-0.3, -0.25) is 9.59 Å². The molecule has 0 saturated carbocycles. The number of aromatic nitrogens is 2. The Morgan fingerprint density at radius 3 is 2.81 bits per heavy atom. The average Bonchev–Trinajstić information content (AvgIpc) is 2.20. The van der Waals surface area contributed by atoms with Crippen molar-refractivity contribution in [3.63, 3.8) is 0 Å². The zero-order valence-electron chi connectivity index (χ0n) is 9.49. The van der Waals surface area contributed by atoms with E-state index >= 15 is 0 Å². The van der Waals surface area contributed by atoms with Gasteiger partial charge in [-0.25, -0.2) is 4.68 Å². The van der Waals surface area contributed by atoms with Crippen LogP contribution in [0, 0.1) is 6.92 Å². The summed E-state index contributed by atoms with van der Waals surface area (Å²) in [5, 5.41) is 3.60. The van der Waals surface area contributed by atoms with Crippen molar-refractivity contribution in [3.05, 3.63) is 27.7 Å². The van der Waals surface area contributed by atoms with Crippen LogP contribution in [0.1, 0.15) is 31.0 Å². The normalized spacial score (nSPS) is 10.4. The summed E-state index contributed by atoms with van der Waals surface area (Å²) in [5.41, 5.74) is 0.931. The van der Waals surface area contributed by atoms with E-state index in [0.29, 0.717) is 12.1 Å². The highest BCUT2D eigenvalue weighted by Gasteiger charge is 2.09. The number of carbonyl (C=O) groups excluding carboxylic acids is 1. The Labute approximate surface area is 99.2 Å². The second-order valence-corrected chi connectivity index (χ2v) is 4.15. The molecular weight excluding hydrogens is 228 g/mol. The number of unbranched alkanes of at least 4 members (excludes halogenated alkanes) is 1. The second kappa shape index (κ2) is 5.80. The molecule has 0 fully saturated rings. The van der Waals surface area contributed by atoms with Gasteiger partial charge in [-0.15, -0.1) is 0 Å². The fourth-order valence-corrected chi connectivity index (χ4v) is 1.62. The molecule has 0 aromatic carbocycles. The van der Waals surface area contributed by atoms with Crippen molar-refractivity contribution in [2.24, 2.45) is 0 Å². The van der Waals surface area contributed by atoms with Gasteiger partial charge < -0.3 is 0 Å². The van der Waals surface area contributed by atoms with Crippen molar-refractivity contribution in [1.29, 1.82) is 0 Å². The standard InChI is InChI=1S/C11H15ClN2O2/c1-3-4-5-14-11(16)9(7-10(12)15)6-8(2)13-14/h6H,3-5,7H2,1-2H3. The Morgan fingerprint density at radius 2 is 2.25 bits per heavy atom. The minimum Gasteiger partial charge on any atom is -0.281 e. The Hall–Kier alpha value is -1.16. The number of carbonyl (C=O) groups is 1. The summed E-state index contributed by atoms with van der Waals surface area (Å²) in [6.07, 6.45) is 1.85. The van der Waals surface area contributed by atoms with Crippen LogP contribution in [0.3, 0.4) is 0 Å². The first kappa shape index (κ1) is 12.9. The van der Waals surface area contributed by atoms with Crippen LogP contribution in [0.4, 0.5) is 0 Å². The number of hydrogen-bond acceptors (Lipinski definition) is 3. The van der Waals surface area contributed by atoms with Crippen LogP contribution >= 0.6 is 11.6 Å². The van der Waals surface area contributed by atoms with Crippen molar-refractivity contribution in [2.45, 2.75) is 39.7 Å². The summed E-state index contributed by atoms with van der Waals surface area (Å²) in [6.45, 7) is 4.43. The molecule has 0 N–H and O–H groups in total. The lowest BCUT2D eigenvalue weighted by atomic mass is 10.2. The van der Waals surface area contributed by atoms with E-state index in [1.807, 2.05) is 6.92 Å². The van der Waals surface area contributed by atoms with Crippen molar-refractivity contribution in [3.8, 4) is 0 Å². The van der Waals surface area contributed by atoms with Crippen molar-refractivity contribution < 1.29 is 4.79 Å². The predicted molar refractivity (Wildman–Crippen MR) is 62.7 cm³/mol. The van der Waals surface area contributed by atoms with Crippen LogP contribution in [0.25, 0.3) is 0 Å². The Bertz CT molecular complexity index is 440. The van der Waals surface area contributed by atoms with E-state index in [4.69, 9.17) is 11.6 Å². The summed E-state index contributed by atoms with van der Waals surface area (Å²) in [7, 11) is 0. The minimum atomic E-state index is -0.523. The van der Waals surface area contributed by atoms with Gasteiger partial charge in [-0.1, -0.05) is 13.3 Å². The molecule has 0 aliphatic carbocycles. The van der Waals surface area contributed by atoms with Gasteiger partial charge in [0, 0.05) is 12.1 Å². The van der Waals surface area contributed by atoms with Crippen LogP contribution in [0.5, 0.6) is 0 Å². The van der Waals surface area contributed by atoms with Gasteiger partial charge in [-0.05, 0) is 31.0 Å². The SMILES string of the molecule is CCCCn1nc(C)cc(CC(=O)Cl)c1=O. The first-order valence-electron chi connectivity index (χ1n) is 5.30. The van der Waals surface area contributed by atoms with Crippen LogP contribution in [0.2, 0.25) is 0 Å². The zero-order valence-corrected chi connectivity index (χ0v) is 10.3. The lowest BCUT2D eigenvalue weighted by Gasteiger charge is -2.06. The third kappa shape index (κ3) is 3.45. The van der Waals surface area contributed by atoms with E-state index in [9.17, 15) is 9.59 Å². The molecule has 0 unspecified atom stereocenters. The molecular formula is C11H15ClN2O2. The van der Waals surface area contributed by atoms with E-state index in [1.54, 1.807) is 13.0 Å². The third-order valence-corrected chi connectivity index (χ3v) is 2.36. The van der Waals surface area contributed by atoms with Crippen molar-refractivity contribution in [1.82, 2.24) is 9.78 Å². The molecule has 0 aliphatic rings. The van der Waals surface area contributed by atoms with E-state index in [2.05, 4.69) is 5.10 Å². The summed E-state index contributed by atoms with van der Waals surface area (Å²) in [5.74, 6) is 0. The predicted octanol–water partition coefficient (Wildman–Crippen LogP) is 1.66. The second-order valence-electron chi connectivity index (χ2n) is 3.72. The number of nitrogens with zero attached hydrogens (tertiary/aromatic N) is 2. The first-order chi connectivity index (χ1) is 7.54. The molecule has 1 aromatic heterocycles. The monoisotopic (exact) mass is 242 g/mol. The molecule has 0 aliphatic heterocycles. The Kier molecular flexibility index (Phi) is 4.68. The van der Waals surface area contributed by atoms with Crippen LogP contribution in [-0.4, -0.2) is 15.0 Å². The molecule has 4 nitrogen and oxygen atoms in total. The molecule has 1 rings (SSSR count). The third-order valence-electron chi connectivity index (χ3n) is 2.22. The molecule has 0 radical (unpaired) electrons. The van der Waals surface area contributed by atoms with Gasteiger partial charge in [0.15, 0.2) is 0 Å². The van der Waals surface area contributed by atoms with Gasteiger partial charge in [0.1, 0.15) is 0 Å². The molecule has 1 heterocycles. The number of rotatable bonds is 5. The molecule has 16 heavy (non-hydrogen) atoms. The highest BCUT2D eigenvalue weighted by molar-refractivity contribution is 6.63. The van der Waals surface area contributed by atoms with Gasteiger partial charge in [0.05, 0.1) is 12.1 Å². The molecule has 88 valence electrons. The van der Waals surface area contributed by atoms with E-state index in [1.165, 1.54) is 4.68 Å². The summed E-state index contributed by atoms with van der Waals surface area (Å²) < 4.78 is 1.41. The summed E-state index contributed by atoms with van der Waals surface area (Å²) in [6, 6.07) is 1.62. The van der Waals surface area contributed by atoms with Crippen LogP contribution in [-0.2, 0) is 17.8 Å². The van der Waals surface area contributed by atoms with E-state index < -0.39 is 5.24 Å². The minimum absolute atomic E-state index is 0.0319. The highest BCUT2D eigenvalue weighted by Crippen LogP contribution is 2.00. The van der Waals surface area contributed by atoms with Gasteiger partial charge >= 0.3 is 0 Å². The highest BCUT2D eigenvalue weighted by atomic mass is 35.5. The van der Waals surface area contributed by atoms with Crippen molar-refractivity contribution in [2.75, 3.05) is 0 Å². The summed E-state index contributed by atoms with van der Waals surface area (Å²) >= 11 is 5.29. The van der Waals surface area contributed by atoms with Crippen LogP contribution in [0.15, 0.2) is 10.9 Å². The maximum Gasteiger partial charge on any atom is 0.270 e. The molecule has 0 spiro atoms. The number of hydrogen-bond donors (Lipinski definition) is 0. The molecule has 5 heteroatoms. The van der Waals surface area contributed by atoms with Crippen molar-refractivity contribution >= 4 is 16.8 Å². The molecule has 0 amide bonds. The maximum atomic E-state index is 11.9. The number of aryl methyl sites for hydroxylation is 2. The smallest absolute Gasteiger partial charge is 0.270 e. The maximum absolute atomic E-state index is 11.9. The topological polar surface area (TPSA) is 52.0 Å². The lowest BCUT2D eigenvalue weighted by Crippen LogP contribution is -2.27. The fourth-order valence-electron chi connectivity index (χ4n) is 1.48. The molecule has 0 atom stereocenters. The lowest BCUT2D eigenvalue weighted by molar-refractivity contribution is -0.111. The Morgan fingerprint density at radius 1 is 1.56 bits per heavy atom. The first-order valence-corrected chi connectivity index (χ1v) is 5.68. The van der Waals surface area contributed by atoms with Gasteiger partial charge in [-0.2, -0.15) is 5.10 Å². The molecule has 0 bridgehead atoms. The van der Waals surface area contributed by atoms with Crippen LogP contribution < -0.4 is 5.56 Å². The molecule has 1 aromatic rings. The quantitative estimate of drug-likeness (QED) is 0.738. The zero-order chi connectivity index (χ0) is 12.1. The number of halogens is 1. The summed E-state index contributed by atoms with van der Waals surface area (Å²) in [4.78, 5) is 22.7. The average molecular weight is 243 g/mol. The largest absolute Gasteiger partial charge is 0.281 e. The Balaban J connectivity index is 3.05.